The van der Waals surface area contributed by atoms with Gasteiger partial charge in [0.05, 0.1) is 0 Å². The molecule has 2 aromatic rings. The number of nitrogens with zero attached hydrogens (tertiary/aromatic N) is 7. The number of nitro groups is 1. The molecule has 0 atom stereocenters. The van der Waals surface area contributed by atoms with Gasteiger partial charge in [-0.25, -0.2) is 0 Å². The molecule has 0 saturated carbocycles. The van der Waals surface area contributed by atoms with E-state index in [1.165, 1.54) is 22.8 Å². The number of aromatic nitrogens is 6. The summed E-state index contributed by atoms with van der Waals surface area (Å²) >= 11 is 1.50. The average Bonchev–Trinajstić information content (AvgIpc) is 2.95. The van der Waals surface area contributed by atoms with Crippen molar-refractivity contribution in [2.24, 2.45) is 0 Å². The van der Waals surface area contributed by atoms with Crippen molar-refractivity contribution in [3.8, 4) is 0 Å². The van der Waals surface area contributed by atoms with Crippen molar-refractivity contribution in [1.29, 1.82) is 0 Å². The molecule has 0 aliphatic heterocycles. The van der Waals surface area contributed by atoms with Crippen molar-refractivity contribution in [1.82, 2.24) is 29.5 Å². The molecule has 2 rings (SSSR count). The highest BCUT2D eigenvalue weighted by Crippen LogP contribution is 2.14. The predicted octanol–water partition coefficient (Wildman–Crippen LogP) is 0.568. The predicted molar refractivity (Wildman–Crippen MR) is 63.3 cm³/mol. The van der Waals surface area contributed by atoms with Crippen molar-refractivity contribution >= 4 is 17.7 Å². The van der Waals surface area contributed by atoms with Crippen LogP contribution in [0.3, 0.4) is 0 Å². The Hall–Kier alpha value is -1.97. The fourth-order valence-electron chi connectivity index (χ4n) is 1.49. The molecule has 0 aromatic carbocycles. The van der Waals surface area contributed by atoms with Crippen LogP contribution in [0.4, 0.5) is 5.95 Å². The van der Waals surface area contributed by atoms with E-state index in [-0.39, 0.29) is 0 Å². The lowest BCUT2D eigenvalue weighted by Crippen LogP contribution is -2.09. The SMILES string of the molecule is CCn1c(Cn2cnc([N+](=O)[O-])n2)nnc1SC. The second-order valence-corrected chi connectivity index (χ2v) is 4.12. The lowest BCUT2D eigenvalue weighted by molar-refractivity contribution is -0.394. The third kappa shape index (κ3) is 2.32. The van der Waals surface area contributed by atoms with Crippen LogP contribution < -0.4 is 0 Å². The highest BCUT2D eigenvalue weighted by Gasteiger charge is 2.16. The molecule has 0 aliphatic rings. The van der Waals surface area contributed by atoms with Gasteiger partial charge in [0.15, 0.2) is 11.0 Å². The maximum Gasteiger partial charge on any atom is 0.490 e. The van der Waals surface area contributed by atoms with Gasteiger partial charge in [-0.05, 0) is 18.1 Å². The van der Waals surface area contributed by atoms with Crippen LogP contribution in [0.5, 0.6) is 0 Å². The van der Waals surface area contributed by atoms with Crippen molar-refractivity contribution in [3.63, 3.8) is 0 Å². The molecule has 0 amide bonds. The largest absolute Gasteiger partial charge is 0.490 e. The van der Waals surface area contributed by atoms with Gasteiger partial charge in [-0.1, -0.05) is 16.7 Å². The highest BCUT2D eigenvalue weighted by atomic mass is 32.2. The molecule has 96 valence electrons. The van der Waals surface area contributed by atoms with Crippen LogP contribution in [0, 0.1) is 10.1 Å². The summed E-state index contributed by atoms with van der Waals surface area (Å²) < 4.78 is 3.30. The fraction of sp³-hybridized carbons (Fsp3) is 0.500. The Balaban J connectivity index is 2.22. The van der Waals surface area contributed by atoms with Gasteiger partial charge >= 0.3 is 5.95 Å². The van der Waals surface area contributed by atoms with E-state index in [2.05, 4.69) is 20.3 Å². The van der Waals surface area contributed by atoms with E-state index in [1.807, 2.05) is 17.7 Å². The molecule has 0 fully saturated rings. The zero-order chi connectivity index (χ0) is 13.1. The quantitative estimate of drug-likeness (QED) is 0.444. The Labute approximate surface area is 106 Å². The molecule has 0 spiro atoms. The minimum atomic E-state index is -0.631. The van der Waals surface area contributed by atoms with Crippen LogP contribution >= 0.6 is 11.8 Å². The second kappa shape index (κ2) is 5.12. The van der Waals surface area contributed by atoms with Crippen LogP contribution in [-0.4, -0.2) is 40.7 Å². The summed E-state index contributed by atoms with van der Waals surface area (Å²) in [5.41, 5.74) is 0. The van der Waals surface area contributed by atoms with Crippen molar-refractivity contribution in [2.75, 3.05) is 6.26 Å². The molecule has 0 radical (unpaired) electrons. The minimum Gasteiger partial charge on any atom is -0.390 e. The monoisotopic (exact) mass is 269 g/mol. The number of thioether (sulfide) groups is 1. The molecule has 0 N–H and O–H groups in total. The van der Waals surface area contributed by atoms with Gasteiger partial charge in [-0.2, -0.15) is 4.68 Å². The lowest BCUT2D eigenvalue weighted by atomic mass is 10.5. The molecule has 0 aliphatic carbocycles. The van der Waals surface area contributed by atoms with Gasteiger partial charge in [0.25, 0.3) is 0 Å². The molecule has 0 bridgehead atoms. The summed E-state index contributed by atoms with van der Waals surface area (Å²) in [5.74, 6) is 0.282. The molecule has 9 nitrogen and oxygen atoms in total. The molecule has 0 unspecified atom stereocenters. The van der Waals surface area contributed by atoms with Crippen LogP contribution in [0.1, 0.15) is 12.7 Å². The fourth-order valence-corrected chi connectivity index (χ4v) is 2.07. The van der Waals surface area contributed by atoms with Gasteiger partial charge in [0, 0.05) is 11.6 Å². The summed E-state index contributed by atoms with van der Waals surface area (Å²) in [6.45, 7) is 3.02. The maximum absolute atomic E-state index is 10.5. The van der Waals surface area contributed by atoms with Gasteiger partial charge in [0.2, 0.25) is 6.33 Å². The maximum atomic E-state index is 10.5. The molecular weight excluding hydrogens is 258 g/mol. The van der Waals surface area contributed by atoms with E-state index in [0.717, 1.165) is 11.7 Å². The Morgan fingerprint density at radius 3 is 2.83 bits per heavy atom. The van der Waals surface area contributed by atoms with Crippen LogP contribution in [0.15, 0.2) is 11.5 Å². The smallest absolute Gasteiger partial charge is 0.390 e. The van der Waals surface area contributed by atoms with Crippen molar-refractivity contribution in [2.45, 2.75) is 25.2 Å². The summed E-state index contributed by atoms with van der Waals surface area (Å²) in [4.78, 5) is 13.4. The second-order valence-electron chi connectivity index (χ2n) is 3.35. The first-order valence-corrected chi connectivity index (χ1v) is 6.38. The van der Waals surface area contributed by atoms with Gasteiger partial charge in [0.1, 0.15) is 6.54 Å². The van der Waals surface area contributed by atoms with E-state index in [0.29, 0.717) is 12.4 Å². The van der Waals surface area contributed by atoms with E-state index >= 15 is 0 Å². The Kier molecular flexibility index (Phi) is 3.55. The van der Waals surface area contributed by atoms with Gasteiger partial charge < -0.3 is 14.7 Å². The minimum absolute atomic E-state index is 0.308. The highest BCUT2D eigenvalue weighted by molar-refractivity contribution is 7.98. The molecular formula is C8H11N7O2S. The normalized spacial score (nSPS) is 10.8. The van der Waals surface area contributed by atoms with E-state index in [4.69, 9.17) is 0 Å². The Morgan fingerprint density at radius 1 is 1.50 bits per heavy atom. The number of hydrogen-bond donors (Lipinski definition) is 0. The summed E-state index contributed by atoms with van der Waals surface area (Å²) in [7, 11) is 0. The van der Waals surface area contributed by atoms with E-state index in [9.17, 15) is 10.1 Å². The Bertz CT molecular complexity index is 564. The summed E-state index contributed by atoms with van der Waals surface area (Å²) in [5, 5.41) is 23.1. The zero-order valence-electron chi connectivity index (χ0n) is 9.85. The number of hydrogen-bond acceptors (Lipinski definition) is 7. The molecule has 2 aromatic heterocycles. The first-order valence-electron chi connectivity index (χ1n) is 5.15. The topological polar surface area (TPSA) is 105 Å². The van der Waals surface area contributed by atoms with Crippen LogP contribution in [-0.2, 0) is 13.1 Å². The molecule has 2 heterocycles. The number of rotatable bonds is 5. The van der Waals surface area contributed by atoms with Crippen LogP contribution in [0.2, 0.25) is 0 Å². The average molecular weight is 269 g/mol. The third-order valence-electron chi connectivity index (χ3n) is 2.28. The molecule has 18 heavy (non-hydrogen) atoms. The van der Waals surface area contributed by atoms with Crippen molar-refractivity contribution < 1.29 is 4.92 Å². The molecule has 0 saturated heterocycles. The Morgan fingerprint density at radius 2 is 2.28 bits per heavy atom. The molecule has 10 heteroatoms. The lowest BCUT2D eigenvalue weighted by Gasteiger charge is -2.03. The van der Waals surface area contributed by atoms with Crippen molar-refractivity contribution in [3.05, 3.63) is 22.3 Å². The van der Waals surface area contributed by atoms with Gasteiger partial charge in [-0.3, -0.25) is 0 Å². The summed E-state index contributed by atoms with van der Waals surface area (Å²) in [6.07, 6.45) is 3.23. The summed E-state index contributed by atoms with van der Waals surface area (Å²) in [6, 6.07) is 0. The first-order chi connectivity index (χ1) is 8.65. The van der Waals surface area contributed by atoms with Crippen LogP contribution in [0.25, 0.3) is 0 Å². The third-order valence-corrected chi connectivity index (χ3v) is 2.95. The standard InChI is InChI=1S/C8H11N7O2S/c1-3-14-6(10-11-8(14)18-2)4-13-5-9-7(12-13)15(16)17/h5H,3-4H2,1-2H3. The van der Waals surface area contributed by atoms with Gasteiger partial charge in [-0.15, -0.1) is 10.2 Å². The van der Waals surface area contributed by atoms with E-state index in [1.54, 1.807) is 0 Å². The van der Waals surface area contributed by atoms with E-state index < -0.39 is 10.9 Å². The zero-order valence-corrected chi connectivity index (χ0v) is 10.7. The first kappa shape index (κ1) is 12.5.